The maximum absolute atomic E-state index is 4.75. The van der Waals surface area contributed by atoms with Crippen molar-refractivity contribution in [3.63, 3.8) is 0 Å². The molecule has 0 aliphatic heterocycles. The van der Waals surface area contributed by atoms with E-state index in [1.807, 2.05) is 24.3 Å². The highest BCUT2D eigenvalue weighted by Crippen LogP contribution is 2.24. The number of nitrogens with one attached hydrogen (secondary N) is 2. The first-order chi connectivity index (χ1) is 12.2. The molecule has 0 amide bonds. The lowest BCUT2D eigenvalue weighted by atomic mass is 10.2. The van der Waals surface area contributed by atoms with E-state index < -0.39 is 0 Å². The van der Waals surface area contributed by atoms with E-state index in [0.29, 0.717) is 6.04 Å². The Morgan fingerprint density at radius 2 is 1.76 bits per heavy atom. The summed E-state index contributed by atoms with van der Waals surface area (Å²) in [7, 11) is 4.20. The first-order valence-electron chi connectivity index (χ1n) is 9.30. The lowest BCUT2D eigenvalue weighted by molar-refractivity contribution is 0.405. The van der Waals surface area contributed by atoms with Crippen molar-refractivity contribution < 1.29 is 0 Å². The first kappa shape index (κ1) is 17.7. The first-order valence-corrected chi connectivity index (χ1v) is 9.30. The summed E-state index contributed by atoms with van der Waals surface area (Å²) in [6.07, 6.45) is 6.17. The summed E-state index contributed by atoms with van der Waals surface area (Å²) in [6.45, 7) is 1.98. The predicted octanol–water partition coefficient (Wildman–Crippen LogP) is 3.86. The van der Waals surface area contributed by atoms with E-state index in [0.717, 1.165) is 42.5 Å². The fourth-order valence-corrected chi connectivity index (χ4v) is 3.22. The molecule has 0 saturated heterocycles. The summed E-state index contributed by atoms with van der Waals surface area (Å²) in [5, 5.41) is 7.06. The van der Waals surface area contributed by atoms with E-state index in [1.54, 1.807) is 0 Å². The molecule has 0 spiro atoms. The second-order valence-electron chi connectivity index (χ2n) is 7.04. The molecule has 1 aliphatic carbocycles. The van der Waals surface area contributed by atoms with Crippen LogP contribution in [0.15, 0.2) is 36.4 Å². The second-order valence-corrected chi connectivity index (χ2v) is 7.04. The molecule has 3 rings (SSSR count). The summed E-state index contributed by atoms with van der Waals surface area (Å²) in [5.41, 5.74) is 1.05. The molecule has 1 aromatic carbocycles. The normalized spacial score (nSPS) is 14.8. The van der Waals surface area contributed by atoms with Crippen LogP contribution in [0, 0.1) is 0 Å². The van der Waals surface area contributed by atoms with Crippen molar-refractivity contribution in [2.45, 2.75) is 38.1 Å². The van der Waals surface area contributed by atoms with Gasteiger partial charge in [-0.05, 0) is 39.9 Å². The van der Waals surface area contributed by atoms with Gasteiger partial charge in [-0.2, -0.15) is 0 Å². The van der Waals surface area contributed by atoms with Crippen LogP contribution in [0.5, 0.6) is 0 Å². The average molecular weight is 339 g/mol. The summed E-state index contributed by atoms with van der Waals surface area (Å²) in [6, 6.07) is 12.8. The van der Waals surface area contributed by atoms with Gasteiger partial charge in [0.1, 0.15) is 11.6 Å². The standard InChI is InChI=1S/C20H29N5/c1-25(2)14-8-13-21-18-15-19(22-17-11-6-7-12-17)24-20(23-18)16-9-4-3-5-10-16/h3-5,9-10,15,17H,6-8,11-14H2,1-2H3,(H2,21,22,23,24). The van der Waals surface area contributed by atoms with Gasteiger partial charge >= 0.3 is 0 Å². The number of hydrogen-bond donors (Lipinski definition) is 2. The number of benzene rings is 1. The van der Waals surface area contributed by atoms with Crippen LogP contribution in [0.25, 0.3) is 11.4 Å². The van der Waals surface area contributed by atoms with Gasteiger partial charge in [0.05, 0.1) is 0 Å². The topological polar surface area (TPSA) is 53.1 Å². The molecule has 1 aliphatic rings. The van der Waals surface area contributed by atoms with Crippen LogP contribution in [0.2, 0.25) is 0 Å². The molecule has 0 radical (unpaired) electrons. The number of anilines is 2. The number of nitrogens with zero attached hydrogens (tertiary/aromatic N) is 3. The average Bonchev–Trinajstić information content (AvgIpc) is 3.12. The summed E-state index contributed by atoms with van der Waals surface area (Å²) in [5.74, 6) is 2.60. The van der Waals surface area contributed by atoms with Gasteiger partial charge in [-0.3, -0.25) is 0 Å². The molecule has 5 nitrogen and oxygen atoms in total. The summed E-state index contributed by atoms with van der Waals surface area (Å²) < 4.78 is 0. The van der Waals surface area contributed by atoms with Gasteiger partial charge in [-0.1, -0.05) is 43.2 Å². The molecule has 0 unspecified atom stereocenters. The van der Waals surface area contributed by atoms with Crippen LogP contribution in [0.3, 0.4) is 0 Å². The second kappa shape index (κ2) is 8.81. The molecule has 0 bridgehead atoms. The highest BCUT2D eigenvalue weighted by molar-refractivity contribution is 5.61. The molecular weight excluding hydrogens is 310 g/mol. The van der Waals surface area contributed by atoms with Gasteiger partial charge in [0.15, 0.2) is 5.82 Å². The smallest absolute Gasteiger partial charge is 0.163 e. The van der Waals surface area contributed by atoms with E-state index in [1.165, 1.54) is 25.7 Å². The van der Waals surface area contributed by atoms with Crippen molar-refractivity contribution in [3.8, 4) is 11.4 Å². The molecule has 2 N–H and O–H groups in total. The third-order valence-corrected chi connectivity index (χ3v) is 4.55. The fraction of sp³-hybridized carbons (Fsp3) is 0.500. The number of rotatable bonds is 8. The number of hydrogen-bond acceptors (Lipinski definition) is 5. The predicted molar refractivity (Wildman–Crippen MR) is 105 cm³/mol. The van der Waals surface area contributed by atoms with Crippen LogP contribution in [-0.4, -0.2) is 48.1 Å². The SMILES string of the molecule is CN(C)CCCNc1cc(NC2CCCC2)nc(-c2ccccc2)n1. The Labute approximate surface area is 150 Å². The van der Waals surface area contributed by atoms with Gasteiger partial charge in [0.2, 0.25) is 0 Å². The van der Waals surface area contributed by atoms with E-state index in [4.69, 9.17) is 9.97 Å². The van der Waals surface area contributed by atoms with Crippen LogP contribution in [0.1, 0.15) is 32.1 Å². The van der Waals surface area contributed by atoms with E-state index in [9.17, 15) is 0 Å². The Hall–Kier alpha value is -2.14. The van der Waals surface area contributed by atoms with Gasteiger partial charge in [0, 0.05) is 24.2 Å². The molecule has 2 aromatic rings. The Kier molecular flexibility index (Phi) is 6.23. The van der Waals surface area contributed by atoms with Crippen molar-refractivity contribution in [1.29, 1.82) is 0 Å². The minimum Gasteiger partial charge on any atom is -0.370 e. The van der Waals surface area contributed by atoms with E-state index in [2.05, 4.69) is 41.8 Å². The summed E-state index contributed by atoms with van der Waals surface area (Å²) >= 11 is 0. The van der Waals surface area contributed by atoms with E-state index in [-0.39, 0.29) is 0 Å². The zero-order chi connectivity index (χ0) is 17.5. The van der Waals surface area contributed by atoms with Crippen molar-refractivity contribution in [2.24, 2.45) is 0 Å². The van der Waals surface area contributed by atoms with Gasteiger partial charge in [-0.15, -0.1) is 0 Å². The van der Waals surface area contributed by atoms with Crippen LogP contribution < -0.4 is 10.6 Å². The Bertz CT molecular complexity index is 650. The zero-order valence-electron chi connectivity index (χ0n) is 15.3. The largest absolute Gasteiger partial charge is 0.370 e. The minimum absolute atomic E-state index is 0.542. The Morgan fingerprint density at radius 1 is 1.04 bits per heavy atom. The Morgan fingerprint density at radius 3 is 2.48 bits per heavy atom. The maximum atomic E-state index is 4.75. The van der Waals surface area contributed by atoms with Crippen molar-refractivity contribution in [1.82, 2.24) is 14.9 Å². The van der Waals surface area contributed by atoms with Gasteiger partial charge in [0.25, 0.3) is 0 Å². The lowest BCUT2D eigenvalue weighted by Gasteiger charge is -2.16. The Balaban J connectivity index is 1.75. The lowest BCUT2D eigenvalue weighted by Crippen LogP contribution is -2.18. The number of aromatic nitrogens is 2. The van der Waals surface area contributed by atoms with Crippen LogP contribution in [0.4, 0.5) is 11.6 Å². The molecule has 1 heterocycles. The van der Waals surface area contributed by atoms with Gasteiger partial charge < -0.3 is 15.5 Å². The minimum atomic E-state index is 0.542. The van der Waals surface area contributed by atoms with Crippen molar-refractivity contribution in [3.05, 3.63) is 36.4 Å². The zero-order valence-corrected chi connectivity index (χ0v) is 15.3. The third-order valence-electron chi connectivity index (χ3n) is 4.55. The monoisotopic (exact) mass is 339 g/mol. The summed E-state index contributed by atoms with van der Waals surface area (Å²) in [4.78, 5) is 11.7. The van der Waals surface area contributed by atoms with Crippen molar-refractivity contribution in [2.75, 3.05) is 37.8 Å². The highest BCUT2D eigenvalue weighted by Gasteiger charge is 2.16. The van der Waals surface area contributed by atoms with Crippen molar-refractivity contribution >= 4 is 11.6 Å². The molecular formula is C20H29N5. The molecule has 5 heteroatoms. The molecule has 1 aromatic heterocycles. The fourth-order valence-electron chi connectivity index (χ4n) is 3.22. The quantitative estimate of drug-likeness (QED) is 0.715. The molecule has 0 atom stereocenters. The third kappa shape index (κ3) is 5.43. The van der Waals surface area contributed by atoms with Gasteiger partial charge in [-0.25, -0.2) is 9.97 Å². The molecule has 25 heavy (non-hydrogen) atoms. The molecule has 134 valence electrons. The molecule has 1 saturated carbocycles. The molecule has 1 fully saturated rings. The van der Waals surface area contributed by atoms with Crippen LogP contribution in [-0.2, 0) is 0 Å². The van der Waals surface area contributed by atoms with E-state index >= 15 is 0 Å². The highest BCUT2D eigenvalue weighted by atomic mass is 15.1. The van der Waals surface area contributed by atoms with Crippen LogP contribution >= 0.6 is 0 Å². The maximum Gasteiger partial charge on any atom is 0.163 e.